The molecule has 1 radical (unpaired) electrons. The number of ketones is 1. The van der Waals surface area contributed by atoms with Crippen LogP contribution in [0.3, 0.4) is 0 Å². The van der Waals surface area contributed by atoms with E-state index in [2.05, 4.69) is 16.7 Å². The average molecular weight is 514 g/mol. The van der Waals surface area contributed by atoms with E-state index in [1.165, 1.54) is 0 Å². The van der Waals surface area contributed by atoms with Gasteiger partial charge in [0.1, 0.15) is 0 Å². The quantitative estimate of drug-likeness (QED) is 0.237. The van der Waals surface area contributed by atoms with Crippen molar-refractivity contribution in [3.8, 4) is 11.1 Å². The molecule has 0 unspecified atom stereocenters. The fourth-order valence-corrected chi connectivity index (χ4v) is 5.12. The Bertz CT molecular complexity index is 1840. The number of nitrogens with two attached hydrogens (primary N) is 1. The highest BCUT2D eigenvalue weighted by molar-refractivity contribution is 6.30. The molecule has 1 aromatic heterocycles. The van der Waals surface area contributed by atoms with Gasteiger partial charge in [-0.05, 0) is 65.2 Å². The van der Waals surface area contributed by atoms with Crippen molar-refractivity contribution in [2.75, 3.05) is 0 Å². The van der Waals surface area contributed by atoms with Crippen molar-refractivity contribution in [2.24, 2.45) is 5.73 Å². The van der Waals surface area contributed by atoms with Gasteiger partial charge in [0.15, 0.2) is 5.78 Å². The lowest BCUT2D eigenvalue weighted by Crippen LogP contribution is -2.11. The predicted octanol–water partition coefficient (Wildman–Crippen LogP) is 7.29. The molecule has 1 amide bonds. The Kier molecular flexibility index (Phi) is 6.02. The molecule has 5 heteroatoms. The predicted molar refractivity (Wildman–Crippen MR) is 153 cm³/mol. The summed E-state index contributed by atoms with van der Waals surface area (Å²) in [6.45, 7) is 0.496. The van der Waals surface area contributed by atoms with Crippen LogP contribution in [0, 0.1) is 6.07 Å². The molecule has 5 aromatic carbocycles. The van der Waals surface area contributed by atoms with E-state index in [-0.39, 0.29) is 5.78 Å². The van der Waals surface area contributed by atoms with Crippen molar-refractivity contribution in [1.29, 1.82) is 0 Å². The molecule has 38 heavy (non-hydrogen) atoms. The number of aromatic nitrogens is 1. The molecular formula is C33H22ClN2O2. The van der Waals surface area contributed by atoms with E-state index in [1.807, 2.05) is 97.1 Å². The van der Waals surface area contributed by atoms with Crippen LogP contribution in [0.2, 0.25) is 5.02 Å². The molecule has 4 nitrogen and oxygen atoms in total. The summed E-state index contributed by atoms with van der Waals surface area (Å²) in [4.78, 5) is 25.4. The number of rotatable bonds is 6. The van der Waals surface area contributed by atoms with Gasteiger partial charge in [-0.15, -0.1) is 0 Å². The average Bonchev–Trinajstić information content (AvgIpc) is 3.26. The van der Waals surface area contributed by atoms with Crippen LogP contribution in [-0.4, -0.2) is 16.3 Å². The first-order valence-corrected chi connectivity index (χ1v) is 12.6. The van der Waals surface area contributed by atoms with E-state index in [4.69, 9.17) is 17.3 Å². The Labute approximate surface area is 224 Å². The molecule has 0 saturated carbocycles. The first kappa shape index (κ1) is 23.7. The van der Waals surface area contributed by atoms with E-state index >= 15 is 0 Å². The highest BCUT2D eigenvalue weighted by Crippen LogP contribution is 2.35. The standard InChI is InChI=1S/C33H22ClN2O2/c34-26-15-12-22(13-16-26)24-14-17-27-30(19-24)36(29-11-5-10-28(31(27)29)33(35)38)20-21-6-4-9-25(18-21)32(37)23-7-2-1-3-8-23/h1-16,18-19H,20H2,(H2,35,38). The number of hydrogen-bond donors (Lipinski definition) is 1. The Morgan fingerprint density at radius 3 is 2.26 bits per heavy atom. The summed E-state index contributed by atoms with van der Waals surface area (Å²) in [7, 11) is 0. The molecule has 0 fully saturated rings. The van der Waals surface area contributed by atoms with Crippen molar-refractivity contribution < 1.29 is 9.59 Å². The SMILES string of the molecule is NC(=O)c1cccc2c1c1[c]cc(-c3ccc(Cl)cc3)cc1n2Cc1cccc(C(=O)c2ccccc2)c1. The van der Waals surface area contributed by atoms with Crippen LogP contribution in [0.5, 0.6) is 0 Å². The lowest BCUT2D eigenvalue weighted by Gasteiger charge is -2.11. The molecule has 1 heterocycles. The number of fused-ring (bicyclic) bond motifs is 3. The van der Waals surface area contributed by atoms with Gasteiger partial charge in [0.2, 0.25) is 5.91 Å². The first-order chi connectivity index (χ1) is 18.5. The third-order valence-corrected chi connectivity index (χ3v) is 7.06. The minimum atomic E-state index is -0.486. The van der Waals surface area contributed by atoms with Gasteiger partial charge < -0.3 is 10.3 Å². The molecule has 0 bridgehead atoms. The molecule has 0 aliphatic rings. The highest BCUT2D eigenvalue weighted by atomic mass is 35.5. The zero-order valence-electron chi connectivity index (χ0n) is 20.3. The maximum absolute atomic E-state index is 13.1. The van der Waals surface area contributed by atoms with Gasteiger partial charge in [0.05, 0.1) is 11.0 Å². The van der Waals surface area contributed by atoms with Gasteiger partial charge in [-0.2, -0.15) is 0 Å². The number of hydrogen-bond acceptors (Lipinski definition) is 2. The van der Waals surface area contributed by atoms with Crippen LogP contribution < -0.4 is 5.73 Å². The lowest BCUT2D eigenvalue weighted by molar-refractivity contribution is 0.1000. The smallest absolute Gasteiger partial charge is 0.249 e. The molecule has 2 N–H and O–H groups in total. The monoisotopic (exact) mass is 513 g/mol. The van der Waals surface area contributed by atoms with Crippen LogP contribution >= 0.6 is 11.6 Å². The summed E-state index contributed by atoms with van der Waals surface area (Å²) < 4.78 is 2.15. The number of halogens is 1. The summed E-state index contributed by atoms with van der Waals surface area (Å²) in [5.74, 6) is -0.510. The van der Waals surface area contributed by atoms with Crippen molar-refractivity contribution in [3.63, 3.8) is 0 Å². The zero-order valence-corrected chi connectivity index (χ0v) is 21.1. The largest absolute Gasteiger partial charge is 0.366 e. The van der Waals surface area contributed by atoms with Gasteiger partial charge in [-0.25, -0.2) is 0 Å². The van der Waals surface area contributed by atoms with Crippen molar-refractivity contribution in [3.05, 3.63) is 143 Å². The number of amides is 1. The molecule has 183 valence electrons. The Morgan fingerprint density at radius 1 is 0.763 bits per heavy atom. The lowest BCUT2D eigenvalue weighted by atomic mass is 10.0. The van der Waals surface area contributed by atoms with Crippen molar-refractivity contribution in [1.82, 2.24) is 4.57 Å². The van der Waals surface area contributed by atoms with Gasteiger partial charge in [0, 0.05) is 39.0 Å². The summed E-state index contributed by atoms with van der Waals surface area (Å²) in [5, 5.41) is 2.27. The molecule has 0 aliphatic heterocycles. The molecule has 6 rings (SSSR count). The first-order valence-electron chi connectivity index (χ1n) is 12.2. The number of carbonyl (C=O) groups is 2. The second-order valence-corrected chi connectivity index (χ2v) is 9.64. The van der Waals surface area contributed by atoms with E-state index in [0.717, 1.165) is 38.5 Å². The molecule has 0 atom stereocenters. The Morgan fingerprint density at radius 2 is 1.50 bits per heavy atom. The molecular weight excluding hydrogens is 492 g/mol. The fourth-order valence-electron chi connectivity index (χ4n) is 4.99. The van der Waals surface area contributed by atoms with Crippen LogP contribution in [-0.2, 0) is 6.54 Å². The molecule has 6 aromatic rings. The normalized spacial score (nSPS) is 11.2. The molecule has 0 aliphatic carbocycles. The highest BCUT2D eigenvalue weighted by Gasteiger charge is 2.18. The maximum Gasteiger partial charge on any atom is 0.249 e. The number of primary amides is 1. The van der Waals surface area contributed by atoms with Gasteiger partial charge >= 0.3 is 0 Å². The topological polar surface area (TPSA) is 65.1 Å². The number of nitrogens with zero attached hydrogens (tertiary/aromatic N) is 1. The van der Waals surface area contributed by atoms with E-state index in [9.17, 15) is 9.59 Å². The van der Waals surface area contributed by atoms with Gasteiger partial charge in [0.25, 0.3) is 0 Å². The summed E-state index contributed by atoms with van der Waals surface area (Å²) in [6.07, 6.45) is 0. The van der Waals surface area contributed by atoms with E-state index in [0.29, 0.717) is 28.3 Å². The molecule has 0 spiro atoms. The third-order valence-electron chi connectivity index (χ3n) is 6.80. The van der Waals surface area contributed by atoms with E-state index < -0.39 is 5.91 Å². The Balaban J connectivity index is 1.51. The second-order valence-electron chi connectivity index (χ2n) is 9.20. The third kappa shape index (κ3) is 4.25. The van der Waals surface area contributed by atoms with Crippen LogP contribution in [0.4, 0.5) is 0 Å². The van der Waals surface area contributed by atoms with Gasteiger partial charge in [-0.3, -0.25) is 9.59 Å². The van der Waals surface area contributed by atoms with Crippen molar-refractivity contribution in [2.45, 2.75) is 6.54 Å². The number of carbonyl (C=O) groups excluding carboxylic acids is 2. The fraction of sp³-hybridized carbons (Fsp3) is 0.0303. The summed E-state index contributed by atoms with van der Waals surface area (Å²) in [6, 6.07) is 37.6. The van der Waals surface area contributed by atoms with Gasteiger partial charge in [-0.1, -0.05) is 78.3 Å². The van der Waals surface area contributed by atoms with Crippen molar-refractivity contribution >= 4 is 45.1 Å². The Hall–Kier alpha value is -4.67. The van der Waals surface area contributed by atoms with E-state index in [1.54, 1.807) is 6.07 Å². The molecule has 0 saturated heterocycles. The van der Waals surface area contributed by atoms with Crippen LogP contribution in [0.25, 0.3) is 32.9 Å². The second kappa shape index (κ2) is 9.66. The van der Waals surface area contributed by atoms with Crippen LogP contribution in [0.1, 0.15) is 31.8 Å². The summed E-state index contributed by atoms with van der Waals surface area (Å²) >= 11 is 6.10. The maximum atomic E-state index is 13.1. The number of benzene rings is 5. The minimum absolute atomic E-state index is 0.0240. The minimum Gasteiger partial charge on any atom is -0.366 e. The van der Waals surface area contributed by atoms with Crippen LogP contribution in [0.15, 0.2) is 109 Å². The zero-order chi connectivity index (χ0) is 26.2. The summed E-state index contributed by atoms with van der Waals surface area (Å²) in [5.41, 5.74) is 12.2.